The summed E-state index contributed by atoms with van der Waals surface area (Å²) in [6.07, 6.45) is 6.19. The molecule has 3 heteroatoms. The number of aliphatic hydroxyl groups excluding tert-OH is 1. The average molecular weight is 188 g/mol. The number of carboxylic acids is 1. The number of hydrogen-bond donors (Lipinski definition) is 2. The van der Waals surface area contributed by atoms with E-state index in [0.29, 0.717) is 6.42 Å². The molecule has 0 radical (unpaired) electrons. The van der Waals surface area contributed by atoms with Crippen molar-refractivity contribution in [2.45, 2.75) is 45.4 Å². The fourth-order valence-corrected chi connectivity index (χ4v) is 1.29. The second kappa shape index (κ2) is 8.05. The number of carboxylic acid groups (broad SMARTS) is 1. The number of unbranched alkanes of at least 4 members (excludes halogenated alkanes) is 4. The highest BCUT2D eigenvalue weighted by atomic mass is 16.4. The van der Waals surface area contributed by atoms with Crippen LogP contribution in [-0.4, -0.2) is 22.8 Å². The Bertz CT molecular complexity index is 134. The Morgan fingerprint density at radius 3 is 2.31 bits per heavy atom. The molecule has 0 aliphatic carbocycles. The topological polar surface area (TPSA) is 57.5 Å². The molecule has 3 nitrogen and oxygen atoms in total. The summed E-state index contributed by atoms with van der Waals surface area (Å²) < 4.78 is 0. The molecule has 0 rings (SSSR count). The van der Waals surface area contributed by atoms with Gasteiger partial charge in [0.2, 0.25) is 0 Å². The maximum Gasteiger partial charge on any atom is 0.308 e. The fraction of sp³-hybridized carbons (Fsp3) is 0.900. The average Bonchev–Trinajstić information content (AvgIpc) is 2.10. The second-order valence-electron chi connectivity index (χ2n) is 3.42. The first-order valence-electron chi connectivity index (χ1n) is 5.06. The number of hydrogen-bond acceptors (Lipinski definition) is 2. The minimum absolute atomic E-state index is 0.233. The van der Waals surface area contributed by atoms with Crippen LogP contribution < -0.4 is 0 Å². The molecule has 0 heterocycles. The van der Waals surface area contributed by atoms with Crippen molar-refractivity contribution in [2.24, 2.45) is 5.92 Å². The van der Waals surface area contributed by atoms with Crippen LogP contribution in [0.3, 0.4) is 0 Å². The van der Waals surface area contributed by atoms with Gasteiger partial charge in [-0.25, -0.2) is 0 Å². The molecule has 13 heavy (non-hydrogen) atoms. The van der Waals surface area contributed by atoms with Crippen molar-refractivity contribution in [3.63, 3.8) is 0 Å². The summed E-state index contributed by atoms with van der Waals surface area (Å²) in [4.78, 5) is 10.5. The molecule has 0 saturated carbocycles. The van der Waals surface area contributed by atoms with Gasteiger partial charge in [0.25, 0.3) is 0 Å². The van der Waals surface area contributed by atoms with Crippen molar-refractivity contribution in [1.29, 1.82) is 0 Å². The van der Waals surface area contributed by atoms with Crippen LogP contribution in [0, 0.1) is 5.92 Å². The van der Waals surface area contributed by atoms with Crippen LogP contribution in [0.2, 0.25) is 0 Å². The summed E-state index contributed by atoms with van der Waals surface area (Å²) in [6.45, 7) is 1.91. The molecule has 2 N–H and O–H groups in total. The van der Waals surface area contributed by atoms with Crippen molar-refractivity contribution >= 4 is 5.97 Å². The van der Waals surface area contributed by atoms with Crippen LogP contribution in [0.4, 0.5) is 0 Å². The Balaban J connectivity index is 3.33. The molecule has 0 aromatic heterocycles. The Morgan fingerprint density at radius 1 is 1.23 bits per heavy atom. The third-order valence-corrected chi connectivity index (χ3v) is 2.23. The molecule has 0 aliphatic rings. The maximum absolute atomic E-state index is 10.5. The van der Waals surface area contributed by atoms with Gasteiger partial charge in [0, 0.05) is 0 Å². The van der Waals surface area contributed by atoms with E-state index in [-0.39, 0.29) is 6.61 Å². The Hall–Kier alpha value is -0.570. The molecule has 1 unspecified atom stereocenters. The lowest BCUT2D eigenvalue weighted by atomic mass is 10.0. The summed E-state index contributed by atoms with van der Waals surface area (Å²) in [5.74, 6) is -1.43. The zero-order valence-electron chi connectivity index (χ0n) is 8.33. The van der Waals surface area contributed by atoms with Gasteiger partial charge in [0.15, 0.2) is 0 Å². The highest BCUT2D eigenvalue weighted by Crippen LogP contribution is 2.11. The molecule has 0 saturated heterocycles. The normalized spacial score (nSPS) is 12.8. The first-order chi connectivity index (χ1) is 6.22. The summed E-state index contributed by atoms with van der Waals surface area (Å²) in [5.41, 5.74) is 0. The quantitative estimate of drug-likeness (QED) is 0.573. The lowest BCUT2D eigenvalue weighted by molar-refractivity contribution is -0.143. The van der Waals surface area contributed by atoms with Crippen molar-refractivity contribution in [1.82, 2.24) is 0 Å². The van der Waals surface area contributed by atoms with Gasteiger partial charge in [-0.15, -0.1) is 0 Å². The minimum atomic E-state index is -0.877. The van der Waals surface area contributed by atoms with E-state index in [2.05, 4.69) is 6.92 Å². The predicted octanol–water partition coefficient (Wildman–Crippen LogP) is 2.04. The molecule has 0 aromatic rings. The van der Waals surface area contributed by atoms with Crippen LogP contribution >= 0.6 is 0 Å². The highest BCUT2D eigenvalue weighted by molar-refractivity contribution is 5.69. The van der Waals surface area contributed by atoms with Crippen LogP contribution in [0.15, 0.2) is 0 Å². The molecule has 0 aliphatic heterocycles. The SMILES string of the molecule is CCCCCCCC(CO)C(=O)O. The monoisotopic (exact) mass is 188 g/mol. The first kappa shape index (κ1) is 12.4. The number of aliphatic hydroxyl groups is 1. The van der Waals surface area contributed by atoms with Crippen molar-refractivity contribution < 1.29 is 15.0 Å². The molecule has 0 fully saturated rings. The molecule has 78 valence electrons. The molecule has 0 aromatic carbocycles. The molecular weight excluding hydrogens is 168 g/mol. The van der Waals surface area contributed by atoms with Crippen LogP contribution in [0.25, 0.3) is 0 Å². The Morgan fingerprint density at radius 2 is 1.85 bits per heavy atom. The number of aliphatic carboxylic acids is 1. The van der Waals surface area contributed by atoms with Crippen molar-refractivity contribution in [3.8, 4) is 0 Å². The van der Waals surface area contributed by atoms with Crippen LogP contribution in [0.1, 0.15) is 45.4 Å². The third kappa shape index (κ3) is 6.58. The van der Waals surface area contributed by atoms with Gasteiger partial charge in [-0.1, -0.05) is 39.0 Å². The molecule has 0 amide bonds. The Kier molecular flexibility index (Phi) is 7.69. The minimum Gasteiger partial charge on any atom is -0.481 e. The van der Waals surface area contributed by atoms with Crippen molar-refractivity contribution in [2.75, 3.05) is 6.61 Å². The van der Waals surface area contributed by atoms with E-state index in [1.165, 1.54) is 19.3 Å². The van der Waals surface area contributed by atoms with Gasteiger partial charge in [0.1, 0.15) is 0 Å². The van der Waals surface area contributed by atoms with E-state index in [9.17, 15) is 4.79 Å². The van der Waals surface area contributed by atoms with Gasteiger partial charge in [-0.3, -0.25) is 4.79 Å². The molecule has 0 spiro atoms. The summed E-state index contributed by atoms with van der Waals surface area (Å²) in [6, 6.07) is 0. The second-order valence-corrected chi connectivity index (χ2v) is 3.42. The lowest BCUT2D eigenvalue weighted by Gasteiger charge is -2.07. The number of rotatable bonds is 8. The van der Waals surface area contributed by atoms with E-state index >= 15 is 0 Å². The van der Waals surface area contributed by atoms with E-state index in [1.54, 1.807) is 0 Å². The van der Waals surface area contributed by atoms with E-state index < -0.39 is 11.9 Å². The van der Waals surface area contributed by atoms with Gasteiger partial charge in [-0.05, 0) is 6.42 Å². The maximum atomic E-state index is 10.5. The standard InChI is InChI=1S/C10H20O3/c1-2-3-4-5-6-7-9(8-11)10(12)13/h9,11H,2-8H2,1H3,(H,12,13). The third-order valence-electron chi connectivity index (χ3n) is 2.23. The smallest absolute Gasteiger partial charge is 0.308 e. The van der Waals surface area contributed by atoms with Crippen LogP contribution in [-0.2, 0) is 4.79 Å². The molecule has 0 bridgehead atoms. The van der Waals surface area contributed by atoms with E-state index in [4.69, 9.17) is 10.2 Å². The number of carbonyl (C=O) groups is 1. The predicted molar refractivity (Wildman–Crippen MR) is 51.6 cm³/mol. The van der Waals surface area contributed by atoms with Gasteiger partial charge < -0.3 is 10.2 Å². The largest absolute Gasteiger partial charge is 0.481 e. The van der Waals surface area contributed by atoms with E-state index in [1.807, 2.05) is 0 Å². The Labute approximate surface area is 79.8 Å². The van der Waals surface area contributed by atoms with Gasteiger partial charge >= 0.3 is 5.97 Å². The van der Waals surface area contributed by atoms with E-state index in [0.717, 1.165) is 12.8 Å². The summed E-state index contributed by atoms with van der Waals surface area (Å²) in [5, 5.41) is 17.3. The zero-order chi connectivity index (χ0) is 10.1. The zero-order valence-corrected chi connectivity index (χ0v) is 8.33. The summed E-state index contributed by atoms with van der Waals surface area (Å²) >= 11 is 0. The highest BCUT2D eigenvalue weighted by Gasteiger charge is 2.14. The molecular formula is C10H20O3. The van der Waals surface area contributed by atoms with Crippen LogP contribution in [0.5, 0.6) is 0 Å². The summed E-state index contributed by atoms with van der Waals surface area (Å²) in [7, 11) is 0. The molecule has 1 atom stereocenters. The van der Waals surface area contributed by atoms with Gasteiger partial charge in [0.05, 0.1) is 12.5 Å². The lowest BCUT2D eigenvalue weighted by Crippen LogP contribution is -2.17. The fourth-order valence-electron chi connectivity index (χ4n) is 1.29. The van der Waals surface area contributed by atoms with Crippen molar-refractivity contribution in [3.05, 3.63) is 0 Å². The van der Waals surface area contributed by atoms with Gasteiger partial charge in [-0.2, -0.15) is 0 Å². The first-order valence-corrected chi connectivity index (χ1v) is 5.06.